The normalized spacial score (nSPS) is 11.2. The summed E-state index contributed by atoms with van der Waals surface area (Å²) in [6, 6.07) is 17.5. The molecule has 0 unspecified atom stereocenters. The predicted octanol–water partition coefficient (Wildman–Crippen LogP) is 6.97. The minimum absolute atomic E-state index is 0.149. The Morgan fingerprint density at radius 3 is 1.39 bits per heavy atom. The molecule has 0 fully saturated rings. The first-order chi connectivity index (χ1) is 17.4. The molecule has 0 saturated heterocycles. The monoisotopic (exact) mass is 614 g/mol. The molecule has 0 aliphatic rings. The van der Waals surface area contributed by atoms with Crippen LogP contribution in [0.3, 0.4) is 0 Å². The van der Waals surface area contributed by atoms with E-state index in [9.17, 15) is 9.59 Å². The second kappa shape index (κ2) is 13.9. The van der Waals surface area contributed by atoms with Crippen molar-refractivity contribution in [2.45, 2.75) is 0 Å². The molecule has 0 aliphatic heterocycles. The van der Waals surface area contributed by atoms with Crippen LogP contribution in [0.5, 0.6) is 11.5 Å². The zero-order chi connectivity index (χ0) is 25.9. The Hall–Kier alpha value is -3.04. The Bertz CT molecular complexity index is 1170. The van der Waals surface area contributed by atoms with E-state index in [2.05, 4.69) is 31.9 Å². The van der Waals surface area contributed by atoms with E-state index in [1.165, 1.54) is 12.2 Å². The van der Waals surface area contributed by atoms with Crippen LogP contribution < -0.4 is 9.47 Å². The number of carbonyl (C=O) groups is 2. The first kappa shape index (κ1) is 27.5. The van der Waals surface area contributed by atoms with Crippen LogP contribution in [0.1, 0.15) is 31.8 Å². The zero-order valence-corrected chi connectivity index (χ0v) is 22.9. The Morgan fingerprint density at radius 1 is 0.667 bits per heavy atom. The third kappa shape index (κ3) is 7.99. The van der Waals surface area contributed by atoms with Crippen LogP contribution in [0.25, 0.3) is 12.2 Å². The van der Waals surface area contributed by atoms with Crippen molar-refractivity contribution in [3.05, 3.63) is 104 Å². The highest BCUT2D eigenvalue weighted by atomic mass is 79.9. The summed E-state index contributed by atoms with van der Waals surface area (Å²) in [4.78, 5) is 25.1. The summed E-state index contributed by atoms with van der Waals surface area (Å²) in [7, 11) is 3.10. The van der Waals surface area contributed by atoms with Crippen LogP contribution in [0.2, 0.25) is 0 Å². The number of benzene rings is 3. The number of ether oxygens (including phenoxy) is 4. The van der Waals surface area contributed by atoms with Gasteiger partial charge >= 0.3 is 0 Å². The van der Waals surface area contributed by atoms with E-state index in [1.54, 1.807) is 62.8 Å². The third-order valence-electron chi connectivity index (χ3n) is 4.88. The number of hydrogen-bond donors (Lipinski definition) is 0. The van der Waals surface area contributed by atoms with Crippen LogP contribution in [-0.2, 0) is 9.47 Å². The summed E-state index contributed by atoms with van der Waals surface area (Å²) in [6.45, 7) is 0.298. The molecule has 0 atom stereocenters. The molecule has 3 aromatic rings. The van der Waals surface area contributed by atoms with Gasteiger partial charge in [-0.25, -0.2) is 0 Å². The second-order valence-corrected chi connectivity index (χ2v) is 9.16. The Kier molecular flexibility index (Phi) is 10.6. The summed E-state index contributed by atoms with van der Waals surface area (Å²) in [6.07, 6.45) is 6.43. The molecule has 3 aromatic carbocycles. The standard InChI is InChI=1S/C28H24Br2O6/c1-33-17-35-27-13-5-19(15-23(27)29)3-11-25(31)21-7-9-22(10-8-21)26(32)12-4-20-6-14-28(24(30)16-20)36-18-34-2/h3-16H,17-18H2,1-2H3/b11-3+,12-4+. The maximum absolute atomic E-state index is 12.6. The fraction of sp³-hybridized carbons (Fsp3) is 0.143. The Labute approximate surface area is 226 Å². The average molecular weight is 616 g/mol. The number of carbonyl (C=O) groups excluding carboxylic acids is 2. The highest BCUT2D eigenvalue weighted by Gasteiger charge is 2.07. The molecule has 3 rings (SSSR count). The molecule has 8 heteroatoms. The van der Waals surface area contributed by atoms with E-state index in [0.29, 0.717) is 22.6 Å². The number of halogens is 2. The van der Waals surface area contributed by atoms with Gasteiger partial charge in [0.2, 0.25) is 0 Å². The topological polar surface area (TPSA) is 71.1 Å². The van der Waals surface area contributed by atoms with Crippen molar-refractivity contribution < 1.29 is 28.5 Å². The van der Waals surface area contributed by atoms with Crippen LogP contribution >= 0.6 is 31.9 Å². The van der Waals surface area contributed by atoms with Gasteiger partial charge in [-0.05, 0) is 79.4 Å². The molecule has 0 aliphatic carbocycles. The van der Waals surface area contributed by atoms with Gasteiger partial charge in [0, 0.05) is 25.3 Å². The number of hydrogen-bond acceptors (Lipinski definition) is 6. The van der Waals surface area contributed by atoms with Crippen LogP contribution in [0, 0.1) is 0 Å². The van der Waals surface area contributed by atoms with Crippen LogP contribution in [0.15, 0.2) is 81.8 Å². The van der Waals surface area contributed by atoms with E-state index in [4.69, 9.17) is 18.9 Å². The molecular weight excluding hydrogens is 592 g/mol. The smallest absolute Gasteiger partial charge is 0.188 e. The Morgan fingerprint density at radius 2 is 1.06 bits per heavy atom. The van der Waals surface area contributed by atoms with Crippen molar-refractivity contribution in [1.29, 1.82) is 0 Å². The summed E-state index contributed by atoms with van der Waals surface area (Å²) < 4.78 is 22.2. The predicted molar refractivity (Wildman–Crippen MR) is 146 cm³/mol. The number of allylic oxidation sites excluding steroid dienone is 2. The molecular formula is C28H24Br2O6. The lowest BCUT2D eigenvalue weighted by Crippen LogP contribution is -1.99. The average Bonchev–Trinajstić information content (AvgIpc) is 2.89. The van der Waals surface area contributed by atoms with Gasteiger partial charge in [0.05, 0.1) is 8.95 Å². The van der Waals surface area contributed by atoms with Crippen molar-refractivity contribution in [2.24, 2.45) is 0 Å². The summed E-state index contributed by atoms with van der Waals surface area (Å²) in [5, 5.41) is 0. The third-order valence-corrected chi connectivity index (χ3v) is 6.12. The molecule has 0 radical (unpaired) electrons. The maximum Gasteiger partial charge on any atom is 0.188 e. The molecule has 186 valence electrons. The molecule has 0 aromatic heterocycles. The van der Waals surface area contributed by atoms with Gasteiger partial charge in [0.15, 0.2) is 25.2 Å². The molecule has 0 N–H and O–H groups in total. The first-order valence-electron chi connectivity index (χ1n) is 10.8. The number of ketones is 2. The second-order valence-electron chi connectivity index (χ2n) is 7.45. The van der Waals surface area contributed by atoms with E-state index in [0.717, 1.165) is 20.1 Å². The molecule has 36 heavy (non-hydrogen) atoms. The van der Waals surface area contributed by atoms with Crippen molar-refractivity contribution in [3.63, 3.8) is 0 Å². The van der Waals surface area contributed by atoms with E-state index < -0.39 is 0 Å². The fourth-order valence-electron chi connectivity index (χ4n) is 3.06. The van der Waals surface area contributed by atoms with Crippen molar-refractivity contribution in [3.8, 4) is 11.5 Å². The summed E-state index contributed by atoms with van der Waals surface area (Å²) in [5.41, 5.74) is 2.65. The van der Waals surface area contributed by atoms with Gasteiger partial charge in [-0.3, -0.25) is 9.59 Å². The SMILES string of the molecule is COCOc1ccc(/C=C/C(=O)c2ccc(C(=O)/C=C/c3ccc(OCOC)c(Br)c3)cc2)cc1Br. The molecule has 6 nitrogen and oxygen atoms in total. The van der Waals surface area contributed by atoms with E-state index in [-0.39, 0.29) is 25.2 Å². The number of methoxy groups -OCH3 is 2. The lowest BCUT2D eigenvalue weighted by molar-refractivity contribution is 0.0504. The highest BCUT2D eigenvalue weighted by molar-refractivity contribution is 9.10. The van der Waals surface area contributed by atoms with Crippen LogP contribution in [0.4, 0.5) is 0 Å². The van der Waals surface area contributed by atoms with Gasteiger partial charge in [0.1, 0.15) is 11.5 Å². The quantitative estimate of drug-likeness (QED) is 0.124. The van der Waals surface area contributed by atoms with Crippen molar-refractivity contribution >= 4 is 55.6 Å². The molecule has 0 heterocycles. The Balaban J connectivity index is 1.61. The largest absolute Gasteiger partial charge is 0.466 e. The molecule has 0 saturated carbocycles. The summed E-state index contributed by atoms with van der Waals surface area (Å²) >= 11 is 6.89. The fourth-order valence-corrected chi connectivity index (χ4v) is 4.08. The van der Waals surface area contributed by atoms with Gasteiger partial charge in [-0.15, -0.1) is 0 Å². The van der Waals surface area contributed by atoms with Gasteiger partial charge < -0.3 is 18.9 Å². The zero-order valence-electron chi connectivity index (χ0n) is 19.7. The number of rotatable bonds is 12. The molecule has 0 amide bonds. The van der Waals surface area contributed by atoms with Gasteiger partial charge in [-0.2, -0.15) is 0 Å². The van der Waals surface area contributed by atoms with E-state index >= 15 is 0 Å². The summed E-state index contributed by atoms with van der Waals surface area (Å²) in [5.74, 6) is 0.966. The minimum atomic E-state index is -0.166. The lowest BCUT2D eigenvalue weighted by atomic mass is 10.0. The van der Waals surface area contributed by atoms with Gasteiger partial charge in [0.25, 0.3) is 0 Å². The minimum Gasteiger partial charge on any atom is -0.466 e. The lowest BCUT2D eigenvalue weighted by Gasteiger charge is -2.07. The van der Waals surface area contributed by atoms with Gasteiger partial charge in [-0.1, -0.05) is 48.6 Å². The first-order valence-corrected chi connectivity index (χ1v) is 12.4. The van der Waals surface area contributed by atoms with Crippen molar-refractivity contribution in [2.75, 3.05) is 27.8 Å². The maximum atomic E-state index is 12.6. The molecule has 0 bridgehead atoms. The van der Waals surface area contributed by atoms with E-state index in [1.807, 2.05) is 24.3 Å². The molecule has 0 spiro atoms. The van der Waals surface area contributed by atoms with Crippen molar-refractivity contribution in [1.82, 2.24) is 0 Å². The highest BCUT2D eigenvalue weighted by Crippen LogP contribution is 2.27. The van der Waals surface area contributed by atoms with Crippen LogP contribution in [-0.4, -0.2) is 39.4 Å².